The molecule has 0 spiro atoms. The molecule has 1 saturated heterocycles. The highest BCUT2D eigenvalue weighted by atomic mass is 35.5. The number of carbonyl (C=O) groups excluding carboxylic acids is 1. The van der Waals surface area contributed by atoms with E-state index in [0.29, 0.717) is 52.7 Å². The van der Waals surface area contributed by atoms with Crippen molar-refractivity contribution >= 4 is 40.9 Å². The zero-order chi connectivity index (χ0) is 19.9. The number of nitrogens with one attached hydrogen (secondary N) is 2. The van der Waals surface area contributed by atoms with Gasteiger partial charge in [0.2, 0.25) is 0 Å². The summed E-state index contributed by atoms with van der Waals surface area (Å²) in [6.45, 7) is 0.941. The van der Waals surface area contributed by atoms with Gasteiger partial charge in [-0.05, 0) is 48.1 Å². The zero-order valence-corrected chi connectivity index (χ0v) is 16.7. The first-order valence-electron chi connectivity index (χ1n) is 8.59. The highest BCUT2D eigenvalue weighted by Crippen LogP contribution is 2.29. The molecule has 6 nitrogen and oxygen atoms in total. The highest BCUT2D eigenvalue weighted by Gasteiger charge is 2.20. The van der Waals surface area contributed by atoms with Crippen molar-refractivity contribution in [3.8, 4) is 17.2 Å². The first-order valence-corrected chi connectivity index (χ1v) is 9.37. The topological polar surface area (TPSA) is 68.8 Å². The van der Waals surface area contributed by atoms with Crippen molar-refractivity contribution in [2.45, 2.75) is 6.42 Å². The maximum Gasteiger partial charge on any atom is 0.273 e. The van der Waals surface area contributed by atoms with Crippen LogP contribution in [0, 0.1) is 0 Å². The Morgan fingerprint density at radius 1 is 1.04 bits per heavy atom. The number of rotatable bonds is 8. The van der Waals surface area contributed by atoms with E-state index in [9.17, 15) is 4.79 Å². The van der Waals surface area contributed by atoms with Crippen LogP contribution in [-0.4, -0.2) is 31.3 Å². The molecule has 2 aromatic rings. The molecule has 3 rings (SSSR count). The fraction of sp³-hybridized carbons (Fsp3) is 0.200. The standard InChI is InChI=1S/C20H19ClN2O4S/c1-25-18-12-13(11-15-19(24)23-20(28)22-15)7-8-17(18)27-10-4-9-26-16-6-3-2-5-14(16)21/h2-3,5-8,11-12H,4,9-10H2,1H3,(H2,22,23,24,28)/b15-11-. The van der Waals surface area contributed by atoms with Crippen molar-refractivity contribution in [3.05, 3.63) is 58.7 Å². The molecular weight excluding hydrogens is 400 g/mol. The second-order valence-electron chi connectivity index (χ2n) is 5.86. The third-order valence-corrected chi connectivity index (χ3v) is 4.38. The average molecular weight is 419 g/mol. The van der Waals surface area contributed by atoms with E-state index in [1.54, 1.807) is 31.4 Å². The summed E-state index contributed by atoms with van der Waals surface area (Å²) in [5.41, 5.74) is 1.17. The summed E-state index contributed by atoms with van der Waals surface area (Å²) in [6, 6.07) is 12.8. The largest absolute Gasteiger partial charge is 0.493 e. The van der Waals surface area contributed by atoms with Crippen molar-refractivity contribution in [2.24, 2.45) is 0 Å². The fourth-order valence-corrected chi connectivity index (χ4v) is 2.92. The van der Waals surface area contributed by atoms with Gasteiger partial charge < -0.3 is 19.5 Å². The van der Waals surface area contributed by atoms with Crippen molar-refractivity contribution in [3.63, 3.8) is 0 Å². The van der Waals surface area contributed by atoms with E-state index in [4.69, 9.17) is 38.0 Å². The molecule has 1 aliphatic rings. The molecule has 0 unspecified atom stereocenters. The second-order valence-corrected chi connectivity index (χ2v) is 6.67. The summed E-state index contributed by atoms with van der Waals surface area (Å²) in [5, 5.41) is 6.20. The molecular formula is C20H19ClN2O4S. The minimum Gasteiger partial charge on any atom is -0.493 e. The summed E-state index contributed by atoms with van der Waals surface area (Å²) in [7, 11) is 1.56. The van der Waals surface area contributed by atoms with Gasteiger partial charge >= 0.3 is 0 Å². The third kappa shape index (κ3) is 5.15. The van der Waals surface area contributed by atoms with E-state index in [-0.39, 0.29) is 5.91 Å². The number of para-hydroxylation sites is 1. The number of hydrogen-bond acceptors (Lipinski definition) is 5. The number of thiocarbonyl (C=S) groups is 1. The predicted octanol–water partition coefficient (Wildman–Crippen LogP) is 3.54. The Morgan fingerprint density at radius 2 is 1.79 bits per heavy atom. The molecule has 0 bridgehead atoms. The molecule has 28 heavy (non-hydrogen) atoms. The summed E-state index contributed by atoms with van der Waals surface area (Å²) in [6.07, 6.45) is 2.38. The summed E-state index contributed by atoms with van der Waals surface area (Å²) >= 11 is 11.0. The first kappa shape index (κ1) is 20.0. The van der Waals surface area contributed by atoms with Gasteiger partial charge in [0.05, 0.1) is 25.3 Å². The van der Waals surface area contributed by atoms with Crippen molar-refractivity contribution in [1.82, 2.24) is 10.6 Å². The lowest BCUT2D eigenvalue weighted by Crippen LogP contribution is -2.21. The Hall–Kier alpha value is -2.77. The van der Waals surface area contributed by atoms with Crippen LogP contribution in [0.15, 0.2) is 48.2 Å². The Balaban J connectivity index is 1.54. The SMILES string of the molecule is COc1cc(/C=C2\NC(=S)NC2=O)ccc1OCCCOc1ccccc1Cl. The van der Waals surface area contributed by atoms with E-state index < -0.39 is 0 Å². The molecule has 8 heteroatoms. The Labute approximate surface area is 173 Å². The smallest absolute Gasteiger partial charge is 0.273 e. The molecule has 1 aliphatic heterocycles. The summed E-state index contributed by atoms with van der Waals surface area (Å²) < 4.78 is 16.8. The van der Waals surface area contributed by atoms with Gasteiger partial charge in [0.15, 0.2) is 16.6 Å². The Bertz CT molecular complexity index is 917. The number of ether oxygens (including phenoxy) is 3. The van der Waals surface area contributed by atoms with E-state index in [1.165, 1.54) is 0 Å². The van der Waals surface area contributed by atoms with Gasteiger partial charge in [0.25, 0.3) is 5.91 Å². The van der Waals surface area contributed by atoms with Crippen LogP contribution in [0.3, 0.4) is 0 Å². The fourth-order valence-electron chi connectivity index (χ4n) is 2.53. The van der Waals surface area contributed by atoms with Gasteiger partial charge in [-0.1, -0.05) is 29.8 Å². The molecule has 2 aromatic carbocycles. The van der Waals surface area contributed by atoms with E-state index >= 15 is 0 Å². The lowest BCUT2D eigenvalue weighted by atomic mass is 10.1. The highest BCUT2D eigenvalue weighted by molar-refractivity contribution is 7.80. The van der Waals surface area contributed by atoms with Crippen LogP contribution in [0.4, 0.5) is 0 Å². The molecule has 2 N–H and O–H groups in total. The number of halogens is 1. The van der Waals surface area contributed by atoms with Crippen molar-refractivity contribution < 1.29 is 19.0 Å². The van der Waals surface area contributed by atoms with Crippen LogP contribution in [0.5, 0.6) is 17.2 Å². The van der Waals surface area contributed by atoms with Gasteiger partial charge in [0.1, 0.15) is 11.4 Å². The lowest BCUT2D eigenvalue weighted by Gasteiger charge is -2.12. The molecule has 0 saturated carbocycles. The third-order valence-electron chi connectivity index (χ3n) is 3.86. The van der Waals surface area contributed by atoms with Crippen LogP contribution in [0.1, 0.15) is 12.0 Å². The molecule has 0 atom stereocenters. The van der Waals surface area contributed by atoms with Gasteiger partial charge in [0, 0.05) is 6.42 Å². The van der Waals surface area contributed by atoms with Gasteiger partial charge in [-0.15, -0.1) is 0 Å². The number of amides is 1. The molecule has 1 fully saturated rings. The predicted molar refractivity (Wildman–Crippen MR) is 112 cm³/mol. The van der Waals surface area contributed by atoms with Crippen LogP contribution < -0.4 is 24.8 Å². The van der Waals surface area contributed by atoms with Crippen molar-refractivity contribution in [1.29, 1.82) is 0 Å². The minimum atomic E-state index is -0.261. The number of benzene rings is 2. The minimum absolute atomic E-state index is 0.261. The van der Waals surface area contributed by atoms with Crippen LogP contribution >= 0.6 is 23.8 Å². The Morgan fingerprint density at radius 3 is 2.46 bits per heavy atom. The van der Waals surface area contributed by atoms with E-state index in [2.05, 4.69) is 10.6 Å². The monoisotopic (exact) mass is 418 g/mol. The van der Waals surface area contributed by atoms with Gasteiger partial charge in [-0.2, -0.15) is 0 Å². The van der Waals surface area contributed by atoms with E-state index in [1.807, 2.05) is 24.3 Å². The molecule has 1 amide bonds. The second kappa shape index (κ2) is 9.43. The normalized spacial score (nSPS) is 14.6. The zero-order valence-electron chi connectivity index (χ0n) is 15.2. The van der Waals surface area contributed by atoms with Gasteiger partial charge in [-0.25, -0.2) is 0 Å². The summed E-state index contributed by atoms with van der Waals surface area (Å²) in [5.74, 6) is 1.58. The number of carbonyl (C=O) groups is 1. The molecule has 1 heterocycles. The quantitative estimate of drug-likeness (QED) is 0.388. The average Bonchev–Trinajstić information content (AvgIpc) is 3.00. The van der Waals surface area contributed by atoms with Crippen LogP contribution in [0.2, 0.25) is 5.02 Å². The van der Waals surface area contributed by atoms with Crippen molar-refractivity contribution in [2.75, 3.05) is 20.3 Å². The molecule has 0 radical (unpaired) electrons. The van der Waals surface area contributed by atoms with E-state index in [0.717, 1.165) is 5.56 Å². The lowest BCUT2D eigenvalue weighted by molar-refractivity contribution is -0.115. The first-order chi connectivity index (χ1) is 13.6. The maximum atomic E-state index is 11.7. The van der Waals surface area contributed by atoms with Crippen LogP contribution in [-0.2, 0) is 4.79 Å². The summed E-state index contributed by atoms with van der Waals surface area (Å²) in [4.78, 5) is 11.7. The molecule has 146 valence electrons. The van der Waals surface area contributed by atoms with Crippen LogP contribution in [0.25, 0.3) is 6.08 Å². The molecule has 0 aliphatic carbocycles. The maximum absolute atomic E-state index is 11.7. The molecule has 0 aromatic heterocycles. The number of hydrogen-bond donors (Lipinski definition) is 2. The van der Waals surface area contributed by atoms with Gasteiger partial charge in [-0.3, -0.25) is 10.1 Å². The number of methoxy groups -OCH3 is 1. The Kier molecular flexibility index (Phi) is 6.73.